The van der Waals surface area contributed by atoms with Crippen molar-refractivity contribution in [1.29, 1.82) is 0 Å². The highest BCUT2D eigenvalue weighted by Gasteiger charge is 2.56. The molecule has 3 amide bonds. The number of imide groups is 1. The van der Waals surface area contributed by atoms with Crippen LogP contribution in [0.2, 0.25) is 0 Å². The second kappa shape index (κ2) is 9.20. The molecule has 15 nitrogen and oxygen atoms in total. The summed E-state index contributed by atoms with van der Waals surface area (Å²) < 4.78 is 30.9. The van der Waals surface area contributed by atoms with Gasteiger partial charge in [0, 0.05) is 18.5 Å². The van der Waals surface area contributed by atoms with Gasteiger partial charge in [-0.1, -0.05) is 0 Å². The van der Waals surface area contributed by atoms with Gasteiger partial charge in [-0.05, 0) is 25.8 Å². The lowest BCUT2D eigenvalue weighted by molar-refractivity contribution is -0.159. The van der Waals surface area contributed by atoms with E-state index in [0.717, 1.165) is 9.47 Å². The summed E-state index contributed by atoms with van der Waals surface area (Å²) in [5.41, 5.74) is -2.78. The standard InChI is InChI=1S/C21H29N4O11P/c1-9-5-24-14-4-11(27)13(36-14)7-34-37(32,33)8-10-3-15(35-12(10)6-26)25-17(16(9)22-19(24)29)21(2,31)18(28)23-20(25)30/h5,10-15,17,26-27,31H,3-4,6-8H2,1-2H3,(H,32,33)(H,23,28,30)/t10-,11+,12-,13-,14-,15-,17?,21-/m1/s1. The normalized spacial score (nSPS) is 42.1. The van der Waals surface area contributed by atoms with Gasteiger partial charge in [-0.2, -0.15) is 4.98 Å². The number of hydrogen-bond acceptors (Lipinski definition) is 11. The van der Waals surface area contributed by atoms with Gasteiger partial charge in [0.15, 0.2) is 5.60 Å². The molecule has 5 aliphatic heterocycles. The highest BCUT2D eigenvalue weighted by atomic mass is 31.2. The fraction of sp³-hybridized carbons (Fsp3) is 0.714. The lowest BCUT2D eigenvalue weighted by atomic mass is 9.87. The summed E-state index contributed by atoms with van der Waals surface area (Å²) in [5.74, 6) is -1.76. The van der Waals surface area contributed by atoms with Crippen molar-refractivity contribution in [2.24, 2.45) is 5.92 Å². The average molecular weight is 544 g/mol. The van der Waals surface area contributed by atoms with Gasteiger partial charge in [0.2, 0.25) is 0 Å². The monoisotopic (exact) mass is 544 g/mol. The smallest absolute Gasteiger partial charge is 0.349 e. The molecule has 3 saturated heterocycles. The number of urea groups is 1. The summed E-state index contributed by atoms with van der Waals surface area (Å²) in [6, 6.07) is -2.39. The van der Waals surface area contributed by atoms with Crippen LogP contribution in [0.4, 0.5) is 4.79 Å². The third-order valence-electron chi connectivity index (χ3n) is 7.43. The molecule has 6 rings (SSSR count). The van der Waals surface area contributed by atoms with E-state index in [9.17, 15) is 39.2 Å². The van der Waals surface area contributed by atoms with Crippen molar-refractivity contribution in [3.63, 3.8) is 0 Å². The minimum atomic E-state index is -4.28. The molecule has 5 N–H and O–H groups in total. The summed E-state index contributed by atoms with van der Waals surface area (Å²) in [6.45, 7) is 1.78. The molecule has 9 atom stereocenters. The lowest BCUT2D eigenvalue weighted by Gasteiger charge is -2.45. The van der Waals surface area contributed by atoms with Crippen molar-refractivity contribution in [2.75, 3.05) is 19.4 Å². The van der Waals surface area contributed by atoms with E-state index in [2.05, 4.69) is 10.3 Å². The van der Waals surface area contributed by atoms with Gasteiger partial charge in [-0.25, -0.2) is 9.59 Å². The zero-order valence-electron chi connectivity index (χ0n) is 20.1. The molecule has 3 fully saturated rings. The van der Waals surface area contributed by atoms with Crippen molar-refractivity contribution in [2.45, 2.75) is 69.1 Å². The molecule has 1 aromatic rings. The number of hydrogen-bond donors (Lipinski definition) is 5. The largest absolute Gasteiger partial charge is 0.394 e. The third kappa shape index (κ3) is 4.53. The Kier molecular flexibility index (Phi) is 6.56. The number of aliphatic hydroxyl groups excluding tert-OH is 2. The molecule has 37 heavy (non-hydrogen) atoms. The molecule has 5 aliphatic rings. The van der Waals surface area contributed by atoms with E-state index in [0.29, 0.717) is 5.56 Å². The second-order valence-corrected chi connectivity index (χ2v) is 12.0. The molecule has 16 heteroatoms. The van der Waals surface area contributed by atoms with Crippen molar-refractivity contribution < 1.29 is 48.4 Å². The van der Waals surface area contributed by atoms with Crippen LogP contribution < -0.4 is 11.0 Å². The number of carbonyl (C=O) groups excluding carboxylic acids is 2. The van der Waals surface area contributed by atoms with Gasteiger partial charge in [0.05, 0.1) is 37.3 Å². The Morgan fingerprint density at radius 1 is 1.24 bits per heavy atom. The maximum atomic E-state index is 13.1. The Labute approximate surface area is 210 Å². The second-order valence-electron chi connectivity index (χ2n) is 10.1. The molecular formula is C21H29N4O11P. The minimum Gasteiger partial charge on any atom is -0.394 e. The van der Waals surface area contributed by atoms with Crippen molar-refractivity contribution in [3.05, 3.63) is 27.9 Å². The maximum absolute atomic E-state index is 13.1. The molecular weight excluding hydrogens is 515 g/mol. The molecule has 0 spiro atoms. The minimum absolute atomic E-state index is 0.0244. The fourth-order valence-electron chi connectivity index (χ4n) is 5.47. The number of aliphatic hydroxyl groups is 3. The van der Waals surface area contributed by atoms with E-state index in [1.165, 1.54) is 13.1 Å². The first kappa shape index (κ1) is 26.4. The van der Waals surface area contributed by atoms with Gasteiger partial charge in [0.1, 0.15) is 24.6 Å². The summed E-state index contributed by atoms with van der Waals surface area (Å²) in [6.07, 6.45) is -4.30. The Balaban J connectivity index is 1.66. The van der Waals surface area contributed by atoms with Gasteiger partial charge in [0.25, 0.3) is 5.91 Å². The fourth-order valence-corrected chi connectivity index (χ4v) is 6.94. The Morgan fingerprint density at radius 2 is 1.97 bits per heavy atom. The molecule has 0 radical (unpaired) electrons. The van der Waals surface area contributed by atoms with Gasteiger partial charge in [-0.3, -0.25) is 24.1 Å². The zero-order chi connectivity index (χ0) is 26.9. The molecule has 0 aromatic carbocycles. The van der Waals surface area contributed by atoms with Crippen molar-refractivity contribution in [3.8, 4) is 0 Å². The summed E-state index contributed by atoms with van der Waals surface area (Å²) in [4.78, 5) is 54.5. The molecule has 204 valence electrons. The number of nitrogens with zero attached hydrogens (tertiary/aromatic N) is 3. The zero-order valence-corrected chi connectivity index (χ0v) is 21.0. The number of rotatable bonds is 1. The number of fused-ring (bicyclic) bond motifs is 5. The van der Waals surface area contributed by atoms with Crippen LogP contribution in [0.3, 0.4) is 0 Å². The number of aromatic nitrogens is 2. The number of nitrogens with one attached hydrogen (secondary N) is 1. The van der Waals surface area contributed by atoms with Crippen LogP contribution >= 0.6 is 7.60 Å². The number of aryl methyl sites for hydroxylation is 1. The summed E-state index contributed by atoms with van der Waals surface area (Å²) in [5, 5.41) is 33.6. The van der Waals surface area contributed by atoms with Crippen LogP contribution in [0.5, 0.6) is 0 Å². The van der Waals surface area contributed by atoms with Crippen LogP contribution in [-0.4, -0.2) is 96.1 Å². The highest BCUT2D eigenvalue weighted by molar-refractivity contribution is 7.52. The molecule has 0 saturated carbocycles. The van der Waals surface area contributed by atoms with Crippen molar-refractivity contribution >= 4 is 19.5 Å². The van der Waals surface area contributed by atoms with Gasteiger partial charge < -0.3 is 34.2 Å². The van der Waals surface area contributed by atoms with Crippen LogP contribution in [0.1, 0.15) is 43.3 Å². The van der Waals surface area contributed by atoms with Crippen LogP contribution in [-0.2, 0) is 23.4 Å². The molecule has 6 bridgehead atoms. The number of amides is 3. The SMILES string of the molecule is Cc1cn2c(=O)nc1C1N(C(=O)NC(=O)[C@]1(C)O)[C@H]1C[C@H](CP(=O)(O)OC[C@H]3O[C@@H]2C[C@@H]3O)[C@@H](CO)O1. The first-order chi connectivity index (χ1) is 17.3. The van der Waals surface area contributed by atoms with Gasteiger partial charge >= 0.3 is 19.3 Å². The predicted octanol–water partition coefficient (Wildman–Crippen LogP) is -1.52. The van der Waals surface area contributed by atoms with E-state index in [-0.39, 0.29) is 18.5 Å². The van der Waals surface area contributed by atoms with E-state index in [1.54, 1.807) is 6.92 Å². The first-order valence-corrected chi connectivity index (χ1v) is 13.6. The predicted molar refractivity (Wildman–Crippen MR) is 121 cm³/mol. The average Bonchev–Trinajstić information content (AvgIpc) is 3.38. The highest BCUT2D eigenvalue weighted by Crippen LogP contribution is 2.49. The summed E-state index contributed by atoms with van der Waals surface area (Å²) >= 11 is 0. The lowest BCUT2D eigenvalue weighted by Crippen LogP contribution is -2.67. The Bertz CT molecular complexity index is 1220. The van der Waals surface area contributed by atoms with Crippen LogP contribution in [0.15, 0.2) is 11.0 Å². The van der Waals surface area contributed by atoms with E-state index < -0.39 is 92.9 Å². The Morgan fingerprint density at radius 3 is 2.68 bits per heavy atom. The van der Waals surface area contributed by atoms with E-state index >= 15 is 0 Å². The topological polar surface area (TPSA) is 210 Å². The Hall–Kier alpha value is -2.23. The van der Waals surface area contributed by atoms with E-state index in [4.69, 9.17) is 14.0 Å². The molecule has 6 heterocycles. The van der Waals surface area contributed by atoms with E-state index in [1.807, 2.05) is 0 Å². The van der Waals surface area contributed by atoms with Crippen LogP contribution in [0.25, 0.3) is 0 Å². The first-order valence-electron chi connectivity index (χ1n) is 11.8. The maximum Gasteiger partial charge on any atom is 0.349 e. The van der Waals surface area contributed by atoms with Gasteiger partial charge in [-0.15, -0.1) is 0 Å². The molecule has 1 aromatic heterocycles. The number of ether oxygens (including phenoxy) is 2. The van der Waals surface area contributed by atoms with Crippen LogP contribution in [0, 0.1) is 12.8 Å². The van der Waals surface area contributed by atoms with Crippen molar-refractivity contribution in [1.82, 2.24) is 19.8 Å². The number of carbonyl (C=O) groups is 2. The molecule has 2 unspecified atom stereocenters. The third-order valence-corrected chi connectivity index (χ3v) is 8.91. The summed E-state index contributed by atoms with van der Waals surface area (Å²) in [7, 11) is -4.28. The quantitative estimate of drug-likeness (QED) is 0.255. The molecule has 0 aliphatic carbocycles.